The van der Waals surface area contributed by atoms with Crippen LogP contribution in [-0.4, -0.2) is 69.1 Å². The first-order chi connectivity index (χ1) is 15.0. The number of anilines is 1. The van der Waals surface area contributed by atoms with Gasteiger partial charge in [0, 0.05) is 57.6 Å². The first kappa shape index (κ1) is 21.8. The number of carbonyl (C=O) groups is 1. The zero-order valence-corrected chi connectivity index (χ0v) is 19.1. The highest BCUT2D eigenvalue weighted by Crippen LogP contribution is 2.36. The second-order valence-electron chi connectivity index (χ2n) is 9.53. The summed E-state index contributed by atoms with van der Waals surface area (Å²) in [5, 5.41) is 3.19. The molecule has 4 unspecified atom stereocenters. The van der Waals surface area contributed by atoms with E-state index in [2.05, 4.69) is 52.5 Å². The van der Waals surface area contributed by atoms with E-state index in [0.717, 1.165) is 49.3 Å². The molecule has 3 aliphatic rings. The number of carbonyl (C=O) groups excluding carboxylic acids is 1. The van der Waals surface area contributed by atoms with Crippen molar-refractivity contribution in [3.8, 4) is 0 Å². The van der Waals surface area contributed by atoms with E-state index >= 15 is 0 Å². The highest BCUT2D eigenvalue weighted by atomic mass is 16.1. The van der Waals surface area contributed by atoms with Crippen LogP contribution in [0.1, 0.15) is 28.8 Å². The van der Waals surface area contributed by atoms with Crippen LogP contribution in [0.4, 0.5) is 5.69 Å². The molecule has 0 saturated carbocycles. The van der Waals surface area contributed by atoms with Gasteiger partial charge >= 0.3 is 0 Å². The molecular formula is C26H36N4O. The minimum absolute atomic E-state index is 0.0343. The number of fused-ring (bicyclic) bond motifs is 3. The molecule has 5 rings (SSSR count). The largest absolute Gasteiger partial charge is 0.378 e. The molecule has 3 saturated heterocycles. The fourth-order valence-electron chi connectivity index (χ4n) is 5.25. The Kier molecular flexibility index (Phi) is 6.93. The third kappa shape index (κ3) is 5.46. The molecule has 5 heteroatoms. The Labute approximate surface area is 187 Å². The summed E-state index contributed by atoms with van der Waals surface area (Å²) >= 11 is 0. The van der Waals surface area contributed by atoms with Crippen molar-refractivity contribution in [2.75, 3.05) is 52.2 Å². The quantitative estimate of drug-likeness (QED) is 0.711. The van der Waals surface area contributed by atoms with Gasteiger partial charge in [-0.1, -0.05) is 30.3 Å². The fraction of sp³-hybridized carbons (Fsp3) is 0.500. The lowest BCUT2D eigenvalue weighted by Gasteiger charge is -2.50. The van der Waals surface area contributed by atoms with Gasteiger partial charge in [0.2, 0.25) is 0 Å². The summed E-state index contributed by atoms with van der Waals surface area (Å²) in [5.41, 5.74) is 3.22. The molecule has 3 fully saturated rings. The molecule has 3 heterocycles. The number of nitrogens with one attached hydrogen (secondary N) is 1. The van der Waals surface area contributed by atoms with Crippen LogP contribution in [0.15, 0.2) is 54.6 Å². The van der Waals surface area contributed by atoms with Crippen molar-refractivity contribution in [1.82, 2.24) is 15.1 Å². The van der Waals surface area contributed by atoms with Crippen LogP contribution in [0.2, 0.25) is 0 Å². The molecule has 0 radical (unpaired) electrons. The molecule has 3 aliphatic heterocycles. The van der Waals surface area contributed by atoms with Gasteiger partial charge in [-0.15, -0.1) is 0 Å². The normalized spacial score (nSPS) is 24.9. The van der Waals surface area contributed by atoms with Gasteiger partial charge in [-0.25, -0.2) is 0 Å². The second kappa shape index (κ2) is 9.84. The standard InChI is InChI=1S/C26H36N4O/c1-28(2)24-11-9-21(10-12-24)26(31)27-16-25-15-22-13-14-30(25)19-23(22)18-29(3)17-20-7-5-4-6-8-20/h4-12,22-23,25H,13-19H2,1-3H3,(H,27,31). The summed E-state index contributed by atoms with van der Waals surface area (Å²) in [6.45, 7) is 5.23. The molecule has 31 heavy (non-hydrogen) atoms. The zero-order valence-electron chi connectivity index (χ0n) is 19.1. The maximum absolute atomic E-state index is 12.6. The summed E-state index contributed by atoms with van der Waals surface area (Å²) in [6.07, 6.45) is 2.49. The van der Waals surface area contributed by atoms with Gasteiger partial charge < -0.3 is 15.1 Å². The van der Waals surface area contributed by atoms with Crippen LogP contribution in [-0.2, 0) is 6.54 Å². The van der Waals surface area contributed by atoms with E-state index in [-0.39, 0.29) is 5.91 Å². The van der Waals surface area contributed by atoms with Gasteiger partial charge in [0.1, 0.15) is 0 Å². The second-order valence-corrected chi connectivity index (χ2v) is 9.53. The van der Waals surface area contributed by atoms with E-state index in [9.17, 15) is 4.79 Å². The van der Waals surface area contributed by atoms with E-state index in [0.29, 0.717) is 6.04 Å². The van der Waals surface area contributed by atoms with Gasteiger partial charge in [0.25, 0.3) is 5.91 Å². The van der Waals surface area contributed by atoms with Crippen molar-refractivity contribution in [1.29, 1.82) is 0 Å². The van der Waals surface area contributed by atoms with Crippen molar-refractivity contribution in [3.05, 3.63) is 65.7 Å². The average Bonchev–Trinajstić information content (AvgIpc) is 2.78. The highest BCUT2D eigenvalue weighted by Gasteiger charge is 2.40. The average molecular weight is 421 g/mol. The smallest absolute Gasteiger partial charge is 0.251 e. The molecule has 1 N–H and O–H groups in total. The molecule has 0 aliphatic carbocycles. The summed E-state index contributed by atoms with van der Waals surface area (Å²) < 4.78 is 0. The number of rotatable bonds is 8. The van der Waals surface area contributed by atoms with Crippen LogP contribution < -0.4 is 10.2 Å². The molecule has 4 atom stereocenters. The SMILES string of the molecule is CN(Cc1ccccc1)CC1CN2CCC1CC2CNC(=O)c1ccc(N(C)C)cc1. The van der Waals surface area contributed by atoms with Crippen LogP contribution in [0.5, 0.6) is 0 Å². The molecule has 2 aromatic carbocycles. The Bertz CT molecular complexity index is 851. The molecule has 2 bridgehead atoms. The molecule has 0 aromatic heterocycles. The van der Waals surface area contributed by atoms with Gasteiger partial charge in [-0.2, -0.15) is 0 Å². The maximum Gasteiger partial charge on any atom is 0.251 e. The van der Waals surface area contributed by atoms with E-state index in [1.807, 2.05) is 43.3 Å². The van der Waals surface area contributed by atoms with Crippen LogP contribution in [0, 0.1) is 11.8 Å². The third-order valence-electron chi connectivity index (χ3n) is 7.00. The molecule has 5 nitrogen and oxygen atoms in total. The van der Waals surface area contributed by atoms with E-state index in [1.165, 1.54) is 24.9 Å². The van der Waals surface area contributed by atoms with E-state index in [1.54, 1.807) is 0 Å². The van der Waals surface area contributed by atoms with Crippen molar-refractivity contribution >= 4 is 11.6 Å². The van der Waals surface area contributed by atoms with Crippen LogP contribution in [0.3, 0.4) is 0 Å². The summed E-state index contributed by atoms with van der Waals surface area (Å²) in [6, 6.07) is 19.0. The number of benzene rings is 2. The van der Waals surface area contributed by atoms with Gasteiger partial charge in [-0.3, -0.25) is 9.69 Å². The monoisotopic (exact) mass is 420 g/mol. The number of piperidine rings is 3. The lowest BCUT2D eigenvalue weighted by molar-refractivity contribution is -0.00955. The Morgan fingerprint density at radius 2 is 1.81 bits per heavy atom. The molecule has 1 amide bonds. The minimum Gasteiger partial charge on any atom is -0.378 e. The number of nitrogens with zero attached hydrogens (tertiary/aromatic N) is 3. The predicted octanol–water partition coefficient (Wildman–Crippen LogP) is 3.32. The molecule has 0 spiro atoms. The molecule has 166 valence electrons. The first-order valence-electron chi connectivity index (χ1n) is 11.5. The summed E-state index contributed by atoms with van der Waals surface area (Å²) in [4.78, 5) is 19.7. The van der Waals surface area contributed by atoms with E-state index in [4.69, 9.17) is 0 Å². The summed E-state index contributed by atoms with van der Waals surface area (Å²) in [7, 11) is 6.26. The fourth-order valence-corrected chi connectivity index (χ4v) is 5.25. The number of hydrogen-bond acceptors (Lipinski definition) is 4. The maximum atomic E-state index is 12.6. The van der Waals surface area contributed by atoms with Crippen LogP contribution >= 0.6 is 0 Å². The lowest BCUT2D eigenvalue weighted by atomic mass is 9.75. The Morgan fingerprint density at radius 3 is 2.45 bits per heavy atom. The Morgan fingerprint density at radius 1 is 1.06 bits per heavy atom. The summed E-state index contributed by atoms with van der Waals surface area (Å²) in [5.74, 6) is 1.53. The van der Waals surface area contributed by atoms with Crippen molar-refractivity contribution < 1.29 is 4.79 Å². The highest BCUT2D eigenvalue weighted by molar-refractivity contribution is 5.94. The molecule has 2 aromatic rings. The zero-order chi connectivity index (χ0) is 21.8. The Balaban J connectivity index is 1.26. The number of amides is 1. The number of hydrogen-bond donors (Lipinski definition) is 1. The van der Waals surface area contributed by atoms with Gasteiger partial charge in [0.15, 0.2) is 0 Å². The van der Waals surface area contributed by atoms with Gasteiger partial charge in [0.05, 0.1) is 0 Å². The van der Waals surface area contributed by atoms with Crippen molar-refractivity contribution in [3.63, 3.8) is 0 Å². The topological polar surface area (TPSA) is 38.8 Å². The predicted molar refractivity (Wildman–Crippen MR) is 127 cm³/mol. The lowest BCUT2D eigenvalue weighted by Crippen LogP contribution is -2.58. The van der Waals surface area contributed by atoms with E-state index < -0.39 is 0 Å². The van der Waals surface area contributed by atoms with Crippen LogP contribution in [0.25, 0.3) is 0 Å². The Hall–Kier alpha value is -2.37. The van der Waals surface area contributed by atoms with Crippen molar-refractivity contribution in [2.45, 2.75) is 25.4 Å². The minimum atomic E-state index is 0.0343. The molecular weight excluding hydrogens is 384 g/mol. The first-order valence-corrected chi connectivity index (χ1v) is 11.5. The van der Waals surface area contributed by atoms with Gasteiger partial charge in [-0.05, 0) is 68.1 Å². The third-order valence-corrected chi connectivity index (χ3v) is 7.00. The van der Waals surface area contributed by atoms with Crippen molar-refractivity contribution in [2.24, 2.45) is 11.8 Å².